The zero-order valence-electron chi connectivity index (χ0n) is 22.7. The Bertz CT molecular complexity index is 1890. The van der Waals surface area contributed by atoms with E-state index in [-0.39, 0.29) is 33.5 Å². The molecule has 0 aromatic heterocycles. The van der Waals surface area contributed by atoms with E-state index < -0.39 is 10.8 Å². The Balaban J connectivity index is 0.000000138. The quantitative estimate of drug-likeness (QED) is 0.273. The molecular formula is C35H32N2O8. The van der Waals surface area contributed by atoms with Crippen LogP contribution in [0.2, 0.25) is 0 Å². The third kappa shape index (κ3) is 3.74. The van der Waals surface area contributed by atoms with Gasteiger partial charge in [0.25, 0.3) is 0 Å². The van der Waals surface area contributed by atoms with E-state index in [4.69, 9.17) is 28.4 Å². The predicted octanol–water partition coefficient (Wildman–Crippen LogP) is 5.41. The summed E-state index contributed by atoms with van der Waals surface area (Å²) < 4.78 is 33.7. The van der Waals surface area contributed by atoms with Crippen LogP contribution in [0.3, 0.4) is 0 Å². The van der Waals surface area contributed by atoms with E-state index in [2.05, 4.69) is 10.6 Å². The van der Waals surface area contributed by atoms with Crippen molar-refractivity contribution in [3.05, 3.63) is 95.1 Å². The number of hydrogen-bond acceptors (Lipinski definition) is 8. The van der Waals surface area contributed by atoms with Gasteiger partial charge >= 0.3 is 0 Å². The predicted molar refractivity (Wildman–Crippen MR) is 166 cm³/mol. The van der Waals surface area contributed by atoms with E-state index in [1.54, 1.807) is 6.07 Å². The van der Waals surface area contributed by atoms with Gasteiger partial charge in [0.05, 0.1) is 0 Å². The molecule has 0 unspecified atom stereocenters. The van der Waals surface area contributed by atoms with Crippen LogP contribution < -0.4 is 39.1 Å². The van der Waals surface area contributed by atoms with E-state index in [0.29, 0.717) is 60.9 Å². The monoisotopic (exact) mass is 608 g/mol. The van der Waals surface area contributed by atoms with Crippen LogP contribution in [-0.2, 0) is 20.4 Å². The fraction of sp³-hybridized carbons (Fsp3) is 0.257. The molecule has 6 aliphatic rings. The number of rotatable bonds is 0. The van der Waals surface area contributed by atoms with Crippen molar-refractivity contribution in [3.63, 3.8) is 0 Å². The molecule has 6 heterocycles. The minimum absolute atomic E-state index is 0. The molecule has 0 radical (unpaired) electrons. The minimum Gasteiger partial charge on any atom is -0.491 e. The van der Waals surface area contributed by atoms with Crippen LogP contribution >= 0.6 is 0 Å². The van der Waals surface area contributed by atoms with Crippen LogP contribution in [-0.4, -0.2) is 45.0 Å². The van der Waals surface area contributed by atoms with Gasteiger partial charge in [-0.25, -0.2) is 0 Å². The number of fused-ring (bicyclic) bond motifs is 10. The van der Waals surface area contributed by atoms with Crippen molar-refractivity contribution in [2.45, 2.75) is 25.7 Å². The number of anilines is 2. The molecule has 0 saturated carbocycles. The maximum atomic E-state index is 12.7. The number of carbonyl (C=O) groups is 2. The van der Waals surface area contributed by atoms with Crippen molar-refractivity contribution in [2.75, 3.05) is 43.9 Å². The Morgan fingerprint density at radius 2 is 0.911 bits per heavy atom. The minimum atomic E-state index is -0.790. The van der Waals surface area contributed by atoms with E-state index in [1.165, 1.54) is 0 Å². The number of para-hydroxylation sites is 2. The number of carbonyl (C=O) groups excluding carboxylic acids is 2. The molecule has 230 valence electrons. The van der Waals surface area contributed by atoms with Crippen molar-refractivity contribution >= 4 is 23.2 Å². The van der Waals surface area contributed by atoms with Crippen molar-refractivity contribution in [1.29, 1.82) is 0 Å². The average Bonchev–Trinajstić information content (AvgIpc) is 3.84. The molecule has 0 saturated heterocycles. The van der Waals surface area contributed by atoms with E-state index in [9.17, 15) is 9.59 Å². The second-order valence-corrected chi connectivity index (χ2v) is 11.1. The highest BCUT2D eigenvalue weighted by atomic mass is 16.7. The zero-order valence-corrected chi connectivity index (χ0v) is 22.7. The lowest BCUT2D eigenvalue weighted by atomic mass is 9.77. The van der Waals surface area contributed by atoms with Crippen LogP contribution in [0.5, 0.6) is 34.5 Å². The summed E-state index contributed by atoms with van der Waals surface area (Å²) in [6.07, 6.45) is 0. The molecular weight excluding hydrogens is 576 g/mol. The van der Waals surface area contributed by atoms with Gasteiger partial charge in [-0.1, -0.05) is 51.3 Å². The zero-order chi connectivity index (χ0) is 28.8. The van der Waals surface area contributed by atoms with Crippen LogP contribution in [0.15, 0.2) is 72.8 Å². The van der Waals surface area contributed by atoms with Gasteiger partial charge in [0.15, 0.2) is 23.0 Å². The molecule has 2 N–H and O–H groups in total. The highest BCUT2D eigenvalue weighted by molar-refractivity contribution is 6.10. The lowest BCUT2D eigenvalue weighted by Gasteiger charge is -2.23. The van der Waals surface area contributed by atoms with Crippen molar-refractivity contribution in [2.24, 2.45) is 0 Å². The standard InChI is InChI=1S/C17H13NO4.C16H11NO4.2CH4/c19-16-17(10-3-1-2-4-12(10)18-16)9-22-13-8-15-14(7-11(13)17)20-5-6-21-15;18-15-16(9-3-1-2-4-11(9)17-15)7-19-12-6-14-13(5-10(12)16)20-8-21-14;;/h1-4,7-8H,5-6,9H2,(H,18,19);1-6H,7-8H2,(H,17,18);2*1H4/t17-;16-;;/m00../s1. The van der Waals surface area contributed by atoms with Gasteiger partial charge < -0.3 is 39.1 Å². The summed E-state index contributed by atoms with van der Waals surface area (Å²) in [7, 11) is 0. The number of nitrogens with one attached hydrogen (secondary N) is 2. The summed E-state index contributed by atoms with van der Waals surface area (Å²) >= 11 is 0. The van der Waals surface area contributed by atoms with Gasteiger partial charge in [0.2, 0.25) is 18.6 Å². The number of ether oxygens (including phenoxy) is 6. The molecule has 4 aromatic carbocycles. The first kappa shape index (κ1) is 28.4. The highest BCUT2D eigenvalue weighted by Gasteiger charge is 2.55. The Labute approximate surface area is 260 Å². The number of hydrogen-bond donors (Lipinski definition) is 2. The van der Waals surface area contributed by atoms with Gasteiger partial charge in [-0.05, 0) is 35.4 Å². The maximum Gasteiger partial charge on any atom is 0.243 e. The Kier molecular flexibility index (Phi) is 6.36. The lowest BCUT2D eigenvalue weighted by molar-refractivity contribution is -0.120. The first-order valence-corrected chi connectivity index (χ1v) is 14.0. The van der Waals surface area contributed by atoms with Crippen LogP contribution in [0.1, 0.15) is 37.1 Å². The second-order valence-electron chi connectivity index (χ2n) is 11.1. The van der Waals surface area contributed by atoms with Gasteiger partial charge in [-0.2, -0.15) is 0 Å². The molecule has 2 amide bonds. The summed E-state index contributed by atoms with van der Waals surface area (Å²) in [4.78, 5) is 25.4. The maximum absolute atomic E-state index is 12.7. The summed E-state index contributed by atoms with van der Waals surface area (Å²) in [5.74, 6) is 3.95. The highest BCUT2D eigenvalue weighted by Crippen LogP contribution is 2.54. The lowest BCUT2D eigenvalue weighted by Crippen LogP contribution is -2.37. The Hall–Kier alpha value is -5.38. The molecule has 10 heteroatoms. The molecule has 4 aromatic rings. The molecule has 6 aliphatic heterocycles. The third-order valence-electron chi connectivity index (χ3n) is 8.97. The molecule has 45 heavy (non-hydrogen) atoms. The third-order valence-corrected chi connectivity index (χ3v) is 8.97. The van der Waals surface area contributed by atoms with Gasteiger partial charge in [-0.3, -0.25) is 9.59 Å². The largest absolute Gasteiger partial charge is 0.491 e. The fourth-order valence-electron chi connectivity index (χ4n) is 6.88. The van der Waals surface area contributed by atoms with Crippen molar-refractivity contribution in [1.82, 2.24) is 0 Å². The average molecular weight is 609 g/mol. The Morgan fingerprint density at radius 3 is 1.42 bits per heavy atom. The van der Waals surface area contributed by atoms with Crippen LogP contribution in [0.4, 0.5) is 11.4 Å². The molecule has 10 nitrogen and oxygen atoms in total. The molecule has 10 rings (SSSR count). The van der Waals surface area contributed by atoms with E-state index in [0.717, 1.165) is 33.6 Å². The number of benzene rings is 4. The van der Waals surface area contributed by atoms with Crippen LogP contribution in [0, 0.1) is 0 Å². The van der Waals surface area contributed by atoms with Gasteiger partial charge in [0, 0.05) is 34.6 Å². The molecule has 2 spiro atoms. The second kappa shape index (κ2) is 10.1. The molecule has 0 aliphatic carbocycles. The first-order chi connectivity index (χ1) is 21.1. The normalized spacial score (nSPS) is 22.7. The van der Waals surface area contributed by atoms with E-state index >= 15 is 0 Å². The molecule has 2 atom stereocenters. The number of amides is 2. The molecule has 0 fully saturated rings. The summed E-state index contributed by atoms with van der Waals surface area (Å²) in [6, 6.07) is 22.9. The topological polar surface area (TPSA) is 114 Å². The van der Waals surface area contributed by atoms with Gasteiger partial charge in [-0.15, -0.1) is 0 Å². The molecule has 0 bridgehead atoms. The summed E-state index contributed by atoms with van der Waals surface area (Å²) in [5.41, 5.74) is 3.71. The summed E-state index contributed by atoms with van der Waals surface area (Å²) in [5, 5.41) is 5.91. The van der Waals surface area contributed by atoms with Crippen molar-refractivity contribution < 1.29 is 38.0 Å². The van der Waals surface area contributed by atoms with Gasteiger partial charge in [0.1, 0.15) is 48.8 Å². The van der Waals surface area contributed by atoms with Crippen LogP contribution in [0.25, 0.3) is 0 Å². The van der Waals surface area contributed by atoms with Crippen molar-refractivity contribution in [3.8, 4) is 34.5 Å². The smallest absolute Gasteiger partial charge is 0.243 e. The SMILES string of the molecule is C.C.O=C1Nc2ccccc2[C@]12COc1cc3c(cc12)OCCO3.O=C1Nc2ccccc2[C@]12COc1cc3c(cc12)OCO3. The Morgan fingerprint density at radius 1 is 0.489 bits per heavy atom. The summed E-state index contributed by atoms with van der Waals surface area (Å²) in [6.45, 7) is 1.85. The fourth-order valence-corrected chi connectivity index (χ4v) is 6.88. The first-order valence-electron chi connectivity index (χ1n) is 14.0. The van der Waals surface area contributed by atoms with E-state index in [1.807, 2.05) is 66.7 Å².